The Bertz CT molecular complexity index is 622. The summed E-state index contributed by atoms with van der Waals surface area (Å²) in [6, 6.07) is 7.46. The number of aromatic nitrogens is 2. The molecule has 0 saturated carbocycles. The number of alkyl halides is 3. The Balaban J connectivity index is 1.50. The number of ether oxygens (including phenoxy) is 1. The van der Waals surface area contributed by atoms with Crippen LogP contribution >= 0.6 is 0 Å². The maximum atomic E-state index is 12.1. The van der Waals surface area contributed by atoms with E-state index in [4.69, 9.17) is 0 Å². The van der Waals surface area contributed by atoms with Crippen molar-refractivity contribution in [3.05, 3.63) is 48.3 Å². The molecule has 124 valence electrons. The lowest BCUT2D eigenvalue weighted by atomic mass is 10.0. The SMILES string of the molecule is O[C@@H](CN1CC(n2cccn2)C1)c1ccc(OC(F)(F)F)cc1. The standard InChI is InChI=1S/C15H16F3N3O2/c16-15(17,18)23-13-4-2-11(3-5-13)14(22)10-20-8-12(9-20)21-7-1-6-19-21/h1-7,12,14,22H,8-10H2/t14-/m0/s1. The van der Waals surface area contributed by atoms with Gasteiger partial charge in [0, 0.05) is 32.0 Å². The summed E-state index contributed by atoms with van der Waals surface area (Å²) in [5, 5.41) is 14.3. The summed E-state index contributed by atoms with van der Waals surface area (Å²) in [5.74, 6) is -0.295. The van der Waals surface area contributed by atoms with Gasteiger partial charge in [-0.3, -0.25) is 9.58 Å². The largest absolute Gasteiger partial charge is 0.573 e. The van der Waals surface area contributed by atoms with Gasteiger partial charge in [0.2, 0.25) is 0 Å². The highest BCUT2D eigenvalue weighted by Crippen LogP contribution is 2.26. The highest BCUT2D eigenvalue weighted by molar-refractivity contribution is 5.28. The van der Waals surface area contributed by atoms with Crippen LogP contribution in [0, 0.1) is 0 Å². The summed E-state index contributed by atoms with van der Waals surface area (Å²) >= 11 is 0. The maximum absolute atomic E-state index is 12.1. The summed E-state index contributed by atoms with van der Waals surface area (Å²) in [6.07, 6.45) is -1.84. The van der Waals surface area contributed by atoms with Crippen LogP contribution in [-0.2, 0) is 0 Å². The zero-order valence-electron chi connectivity index (χ0n) is 12.1. The maximum Gasteiger partial charge on any atom is 0.573 e. The fourth-order valence-electron chi connectivity index (χ4n) is 2.60. The van der Waals surface area contributed by atoms with E-state index in [1.807, 2.05) is 16.9 Å². The van der Waals surface area contributed by atoms with Gasteiger partial charge in [0.25, 0.3) is 0 Å². The van der Waals surface area contributed by atoms with E-state index in [2.05, 4.69) is 14.7 Å². The monoisotopic (exact) mass is 327 g/mol. The van der Waals surface area contributed by atoms with Gasteiger partial charge in [-0.15, -0.1) is 13.2 Å². The number of hydrogen-bond acceptors (Lipinski definition) is 4. The van der Waals surface area contributed by atoms with Crippen molar-refractivity contribution in [1.82, 2.24) is 14.7 Å². The third kappa shape index (κ3) is 4.02. The van der Waals surface area contributed by atoms with E-state index in [-0.39, 0.29) is 5.75 Å². The molecule has 1 aliphatic heterocycles. The molecule has 1 fully saturated rings. The Morgan fingerprint density at radius 2 is 1.96 bits per heavy atom. The van der Waals surface area contributed by atoms with Crippen LogP contribution in [0.5, 0.6) is 5.75 Å². The lowest BCUT2D eigenvalue weighted by molar-refractivity contribution is -0.274. The molecule has 1 aromatic carbocycles. The molecule has 0 amide bonds. The van der Waals surface area contributed by atoms with Gasteiger partial charge in [-0.25, -0.2) is 0 Å². The van der Waals surface area contributed by atoms with Crippen molar-refractivity contribution in [2.45, 2.75) is 18.5 Å². The van der Waals surface area contributed by atoms with Crippen molar-refractivity contribution in [2.75, 3.05) is 19.6 Å². The van der Waals surface area contributed by atoms with Crippen LogP contribution in [0.25, 0.3) is 0 Å². The topological polar surface area (TPSA) is 50.5 Å². The number of aliphatic hydroxyl groups excluding tert-OH is 1. The van der Waals surface area contributed by atoms with Crippen LogP contribution < -0.4 is 4.74 Å². The Morgan fingerprint density at radius 1 is 1.26 bits per heavy atom. The molecule has 2 heterocycles. The third-order valence-corrected chi connectivity index (χ3v) is 3.77. The van der Waals surface area contributed by atoms with Crippen LogP contribution in [0.15, 0.2) is 42.7 Å². The number of halogens is 3. The van der Waals surface area contributed by atoms with Crippen LogP contribution in [0.2, 0.25) is 0 Å². The first-order valence-corrected chi connectivity index (χ1v) is 7.16. The molecule has 23 heavy (non-hydrogen) atoms. The van der Waals surface area contributed by atoms with Crippen LogP contribution in [0.3, 0.4) is 0 Å². The second-order valence-corrected chi connectivity index (χ2v) is 5.49. The first-order chi connectivity index (χ1) is 10.9. The molecule has 0 aliphatic carbocycles. The predicted octanol–water partition coefficient (Wildman–Crippen LogP) is 2.37. The summed E-state index contributed by atoms with van der Waals surface area (Å²) in [7, 11) is 0. The normalized spacial score (nSPS) is 17.7. The van der Waals surface area contributed by atoms with E-state index < -0.39 is 12.5 Å². The molecule has 1 saturated heterocycles. The van der Waals surface area contributed by atoms with E-state index in [1.54, 1.807) is 6.20 Å². The molecule has 1 aromatic heterocycles. The van der Waals surface area contributed by atoms with Crippen LogP contribution in [0.4, 0.5) is 13.2 Å². The zero-order valence-corrected chi connectivity index (χ0v) is 12.1. The highest BCUT2D eigenvalue weighted by atomic mass is 19.4. The molecule has 0 bridgehead atoms. The summed E-state index contributed by atoms with van der Waals surface area (Å²) in [5.41, 5.74) is 0.557. The first kappa shape index (κ1) is 15.8. The number of hydrogen-bond donors (Lipinski definition) is 1. The molecule has 1 aliphatic rings. The van der Waals surface area contributed by atoms with Gasteiger partial charge in [0.05, 0.1) is 12.1 Å². The summed E-state index contributed by atoms with van der Waals surface area (Å²) in [4.78, 5) is 2.07. The third-order valence-electron chi connectivity index (χ3n) is 3.77. The molecule has 0 unspecified atom stereocenters. The second kappa shape index (κ2) is 6.21. The van der Waals surface area contributed by atoms with E-state index >= 15 is 0 Å². The Labute approximate surface area is 130 Å². The molecule has 1 atom stereocenters. The van der Waals surface area contributed by atoms with Crippen LogP contribution in [-0.4, -0.2) is 45.8 Å². The molecular formula is C15H16F3N3O2. The number of β-amino-alcohol motifs (C(OH)–C–C–N with tert-alkyl or cyclic N) is 1. The average Bonchev–Trinajstić information content (AvgIpc) is 2.94. The van der Waals surface area contributed by atoms with E-state index in [0.717, 1.165) is 13.1 Å². The molecule has 5 nitrogen and oxygen atoms in total. The molecule has 1 N–H and O–H groups in total. The Hall–Kier alpha value is -2.06. The van der Waals surface area contributed by atoms with Gasteiger partial charge in [-0.1, -0.05) is 12.1 Å². The van der Waals surface area contributed by atoms with Crippen molar-refractivity contribution in [3.63, 3.8) is 0 Å². The minimum absolute atomic E-state index is 0.295. The zero-order chi connectivity index (χ0) is 16.4. The number of nitrogens with zero attached hydrogens (tertiary/aromatic N) is 3. The van der Waals surface area contributed by atoms with Crippen molar-refractivity contribution >= 4 is 0 Å². The van der Waals surface area contributed by atoms with Crippen LogP contribution in [0.1, 0.15) is 17.7 Å². The molecular weight excluding hydrogens is 311 g/mol. The fourth-order valence-corrected chi connectivity index (χ4v) is 2.60. The van der Waals surface area contributed by atoms with Gasteiger partial charge in [0.1, 0.15) is 5.75 Å². The second-order valence-electron chi connectivity index (χ2n) is 5.49. The smallest absolute Gasteiger partial charge is 0.406 e. The molecule has 3 rings (SSSR count). The first-order valence-electron chi connectivity index (χ1n) is 7.16. The quantitative estimate of drug-likeness (QED) is 0.916. The highest BCUT2D eigenvalue weighted by Gasteiger charge is 2.32. The van der Waals surface area contributed by atoms with Gasteiger partial charge in [-0.2, -0.15) is 5.10 Å². The van der Waals surface area contributed by atoms with Gasteiger partial charge < -0.3 is 9.84 Å². The molecule has 8 heteroatoms. The molecule has 2 aromatic rings. The number of benzene rings is 1. The fraction of sp³-hybridized carbons (Fsp3) is 0.400. The Kier molecular flexibility index (Phi) is 4.27. The average molecular weight is 327 g/mol. The Morgan fingerprint density at radius 3 is 2.52 bits per heavy atom. The van der Waals surface area contributed by atoms with Gasteiger partial charge in [-0.05, 0) is 23.8 Å². The van der Waals surface area contributed by atoms with Crippen molar-refractivity contribution in [1.29, 1.82) is 0 Å². The molecule has 0 spiro atoms. The van der Waals surface area contributed by atoms with Crippen molar-refractivity contribution < 1.29 is 23.0 Å². The van der Waals surface area contributed by atoms with Crippen molar-refractivity contribution in [2.24, 2.45) is 0 Å². The van der Waals surface area contributed by atoms with Gasteiger partial charge in [0.15, 0.2) is 0 Å². The van der Waals surface area contributed by atoms with E-state index in [9.17, 15) is 18.3 Å². The number of likely N-dealkylation sites (tertiary alicyclic amines) is 1. The van der Waals surface area contributed by atoms with E-state index in [0.29, 0.717) is 18.2 Å². The minimum atomic E-state index is -4.71. The number of aliphatic hydroxyl groups is 1. The van der Waals surface area contributed by atoms with E-state index in [1.165, 1.54) is 24.3 Å². The summed E-state index contributed by atoms with van der Waals surface area (Å²) < 4.78 is 42.0. The molecule has 0 radical (unpaired) electrons. The van der Waals surface area contributed by atoms with Crippen molar-refractivity contribution in [3.8, 4) is 5.75 Å². The minimum Gasteiger partial charge on any atom is -0.406 e. The number of rotatable bonds is 5. The summed E-state index contributed by atoms with van der Waals surface area (Å²) in [6.45, 7) is 2.00. The lowest BCUT2D eigenvalue weighted by Gasteiger charge is -2.40. The van der Waals surface area contributed by atoms with Gasteiger partial charge >= 0.3 is 6.36 Å². The lowest BCUT2D eigenvalue weighted by Crippen LogP contribution is -2.49. The predicted molar refractivity (Wildman–Crippen MR) is 75.8 cm³/mol.